The molecule has 1 N–H and O–H groups in total. The molecule has 3 nitrogen and oxygen atoms in total. The predicted octanol–water partition coefficient (Wildman–Crippen LogP) is 6.58. The molecule has 0 aliphatic carbocycles. The molecule has 2 rings (SSSR count). The van der Waals surface area contributed by atoms with Crippen LogP contribution in [0.2, 0.25) is 0 Å². The zero-order valence-electron chi connectivity index (χ0n) is 17.2. The van der Waals surface area contributed by atoms with Gasteiger partial charge in [0, 0.05) is 11.1 Å². The second kappa shape index (κ2) is 7.58. The van der Waals surface area contributed by atoms with Crippen LogP contribution in [0.25, 0.3) is 0 Å². The van der Waals surface area contributed by atoms with Crippen LogP contribution in [0.1, 0.15) is 63.8 Å². The van der Waals surface area contributed by atoms with Crippen LogP contribution in [-0.2, 0) is 10.8 Å². The first-order valence-electron chi connectivity index (χ1n) is 8.95. The fourth-order valence-corrected chi connectivity index (χ4v) is 3.51. The normalized spacial score (nSPS) is 12.4. The van der Waals surface area contributed by atoms with Crippen LogP contribution in [-0.4, -0.2) is 4.89 Å². The molecule has 0 amide bonds. The summed E-state index contributed by atoms with van der Waals surface area (Å²) in [5, 5.41) is 0. The summed E-state index contributed by atoms with van der Waals surface area (Å²) in [6, 6.07) is 12.1. The molecule has 0 aliphatic rings. The van der Waals surface area contributed by atoms with Crippen LogP contribution in [0.4, 0.5) is 0 Å². The van der Waals surface area contributed by atoms with Gasteiger partial charge in [0.2, 0.25) is 0 Å². The van der Waals surface area contributed by atoms with E-state index in [1.54, 1.807) is 0 Å². The molecule has 0 bridgehead atoms. The molecule has 0 aliphatic heterocycles. The summed E-state index contributed by atoms with van der Waals surface area (Å²) in [6.07, 6.45) is 0. The largest absolute Gasteiger partial charge is 0.460 e. The van der Waals surface area contributed by atoms with Crippen LogP contribution in [0, 0.1) is 13.8 Å². The summed E-state index contributed by atoms with van der Waals surface area (Å²) >= 11 is 0. The Kier molecular flexibility index (Phi) is 6.05. The van der Waals surface area contributed by atoms with E-state index in [4.69, 9.17) is 9.05 Å². The molecule has 0 saturated carbocycles. The Morgan fingerprint density at radius 3 is 1.35 bits per heavy atom. The van der Waals surface area contributed by atoms with Gasteiger partial charge in [-0.3, -0.25) is 0 Å². The molecule has 0 heterocycles. The minimum atomic E-state index is -2.08. The molecule has 0 saturated heterocycles. The average molecular weight is 374 g/mol. The summed E-state index contributed by atoms with van der Waals surface area (Å²) in [4.78, 5) is 10.5. The highest BCUT2D eigenvalue weighted by Gasteiger charge is 2.25. The Morgan fingerprint density at radius 1 is 0.692 bits per heavy atom. The van der Waals surface area contributed by atoms with Crippen molar-refractivity contribution < 1.29 is 13.9 Å². The Hall–Kier alpha value is -1.57. The molecule has 0 atom stereocenters. The van der Waals surface area contributed by atoms with Crippen LogP contribution >= 0.6 is 8.60 Å². The quantitative estimate of drug-likeness (QED) is 0.615. The second-order valence-corrected chi connectivity index (χ2v) is 9.76. The standard InChI is InChI=1S/C22H31O3P/c1-15-9-11-17(21(3,4)5)19(13-15)24-26(23)25-20-14-16(2)10-12-18(20)22(6,7)8/h9-14,23H,1-8H3. The van der Waals surface area contributed by atoms with E-state index in [2.05, 4.69) is 65.8 Å². The van der Waals surface area contributed by atoms with Crippen molar-refractivity contribution in [3.63, 3.8) is 0 Å². The lowest BCUT2D eigenvalue weighted by molar-refractivity contribution is 0.371. The Balaban J connectivity index is 2.30. The maximum atomic E-state index is 10.5. The molecule has 2 aromatic carbocycles. The van der Waals surface area contributed by atoms with Gasteiger partial charge in [-0.15, -0.1) is 0 Å². The fourth-order valence-electron chi connectivity index (χ4n) is 2.84. The van der Waals surface area contributed by atoms with E-state index in [1.165, 1.54) is 0 Å². The Morgan fingerprint density at radius 2 is 1.04 bits per heavy atom. The first kappa shape index (κ1) is 20.7. The molecule has 0 radical (unpaired) electrons. The highest BCUT2D eigenvalue weighted by Crippen LogP contribution is 2.44. The maximum absolute atomic E-state index is 10.5. The maximum Gasteiger partial charge on any atom is 0.460 e. The zero-order valence-corrected chi connectivity index (χ0v) is 18.1. The first-order valence-corrected chi connectivity index (χ1v) is 10.1. The van der Waals surface area contributed by atoms with Crippen LogP contribution in [0.3, 0.4) is 0 Å². The van der Waals surface area contributed by atoms with Gasteiger partial charge in [-0.2, -0.15) is 0 Å². The first-order chi connectivity index (χ1) is 11.9. The van der Waals surface area contributed by atoms with E-state index in [9.17, 15) is 4.89 Å². The lowest BCUT2D eigenvalue weighted by Gasteiger charge is -2.26. The van der Waals surface area contributed by atoms with Crippen LogP contribution in [0.5, 0.6) is 11.5 Å². The third-order valence-electron chi connectivity index (χ3n) is 4.24. The van der Waals surface area contributed by atoms with E-state index in [0.29, 0.717) is 11.5 Å². The van der Waals surface area contributed by atoms with E-state index < -0.39 is 8.60 Å². The number of rotatable bonds is 4. The molecule has 0 fully saturated rings. The topological polar surface area (TPSA) is 38.7 Å². The molecular weight excluding hydrogens is 343 g/mol. The summed E-state index contributed by atoms with van der Waals surface area (Å²) in [7, 11) is -2.08. The van der Waals surface area contributed by atoms with Crippen molar-refractivity contribution in [1.29, 1.82) is 0 Å². The summed E-state index contributed by atoms with van der Waals surface area (Å²) in [6.45, 7) is 16.8. The summed E-state index contributed by atoms with van der Waals surface area (Å²) in [5.41, 5.74) is 4.10. The smallest absolute Gasteiger partial charge is 0.418 e. The van der Waals surface area contributed by atoms with Gasteiger partial charge in [-0.25, -0.2) is 0 Å². The van der Waals surface area contributed by atoms with Gasteiger partial charge in [0.15, 0.2) is 0 Å². The third-order valence-corrected chi connectivity index (χ3v) is 4.95. The Labute approximate surface area is 159 Å². The summed E-state index contributed by atoms with van der Waals surface area (Å²) < 4.78 is 11.7. The van der Waals surface area contributed by atoms with Crippen molar-refractivity contribution in [3.8, 4) is 11.5 Å². The third kappa shape index (κ3) is 5.22. The van der Waals surface area contributed by atoms with Gasteiger partial charge in [-0.05, 0) is 47.9 Å². The SMILES string of the molecule is Cc1ccc(C(C)(C)C)c(OP(O)Oc2cc(C)ccc2C(C)(C)C)c1. The van der Waals surface area contributed by atoms with Crippen molar-refractivity contribution >= 4 is 8.60 Å². The molecule has 0 unspecified atom stereocenters. The van der Waals surface area contributed by atoms with Gasteiger partial charge < -0.3 is 13.9 Å². The molecule has 2 aromatic rings. The Bertz CT molecular complexity index is 704. The van der Waals surface area contributed by atoms with Crippen molar-refractivity contribution in [1.82, 2.24) is 0 Å². The summed E-state index contributed by atoms with van der Waals surface area (Å²) in [5.74, 6) is 1.35. The monoisotopic (exact) mass is 374 g/mol. The van der Waals surface area contributed by atoms with Gasteiger partial charge in [0.05, 0.1) is 0 Å². The van der Waals surface area contributed by atoms with Gasteiger partial charge >= 0.3 is 8.60 Å². The highest BCUT2D eigenvalue weighted by molar-refractivity contribution is 7.41. The molecule has 26 heavy (non-hydrogen) atoms. The van der Waals surface area contributed by atoms with Crippen LogP contribution < -0.4 is 9.05 Å². The molecule has 0 spiro atoms. The van der Waals surface area contributed by atoms with Gasteiger partial charge in [0.1, 0.15) is 11.5 Å². The fraction of sp³-hybridized carbons (Fsp3) is 0.455. The number of benzene rings is 2. The van der Waals surface area contributed by atoms with Crippen LogP contribution in [0.15, 0.2) is 36.4 Å². The van der Waals surface area contributed by atoms with E-state index in [-0.39, 0.29) is 10.8 Å². The number of hydrogen-bond acceptors (Lipinski definition) is 3. The second-order valence-electron chi connectivity index (χ2n) is 8.92. The molecule has 142 valence electrons. The van der Waals surface area contributed by atoms with E-state index in [1.807, 2.05) is 26.0 Å². The van der Waals surface area contributed by atoms with Crippen molar-refractivity contribution in [2.75, 3.05) is 0 Å². The number of aryl methyl sites for hydroxylation is 2. The van der Waals surface area contributed by atoms with Crippen molar-refractivity contribution in [3.05, 3.63) is 58.7 Å². The molecular formula is C22H31O3P. The van der Waals surface area contributed by atoms with Gasteiger partial charge in [0.25, 0.3) is 0 Å². The lowest BCUT2D eigenvalue weighted by Crippen LogP contribution is -2.14. The lowest BCUT2D eigenvalue weighted by atomic mass is 9.86. The van der Waals surface area contributed by atoms with E-state index in [0.717, 1.165) is 22.3 Å². The predicted molar refractivity (Wildman–Crippen MR) is 110 cm³/mol. The molecule has 0 aromatic heterocycles. The minimum absolute atomic E-state index is 0.0842. The zero-order chi connectivity index (χ0) is 19.7. The molecule has 4 heteroatoms. The highest BCUT2D eigenvalue weighted by atomic mass is 31.2. The average Bonchev–Trinajstić information content (AvgIpc) is 2.44. The number of hydrogen-bond donors (Lipinski definition) is 1. The van der Waals surface area contributed by atoms with Crippen molar-refractivity contribution in [2.24, 2.45) is 0 Å². The van der Waals surface area contributed by atoms with E-state index >= 15 is 0 Å². The van der Waals surface area contributed by atoms with Crippen molar-refractivity contribution in [2.45, 2.75) is 66.2 Å². The minimum Gasteiger partial charge on any atom is -0.418 e. The van der Waals surface area contributed by atoms with Gasteiger partial charge in [-0.1, -0.05) is 65.8 Å².